The maximum atomic E-state index is 15.1. The summed E-state index contributed by atoms with van der Waals surface area (Å²) in [6.45, 7) is 10.1. The molecule has 5 heteroatoms. The summed E-state index contributed by atoms with van der Waals surface area (Å²) in [6, 6.07) is 0. The maximum Gasteiger partial charge on any atom is 0.367 e. The number of hydrogen-bond acceptors (Lipinski definition) is 4. The summed E-state index contributed by atoms with van der Waals surface area (Å²) >= 11 is 0. The van der Waals surface area contributed by atoms with Gasteiger partial charge in [0.2, 0.25) is 5.83 Å². The monoisotopic (exact) mass is 458 g/mol. The zero-order chi connectivity index (χ0) is 24.0. The van der Waals surface area contributed by atoms with E-state index in [1.54, 1.807) is 6.92 Å². The van der Waals surface area contributed by atoms with Gasteiger partial charge in [-0.3, -0.25) is 4.79 Å². The van der Waals surface area contributed by atoms with Crippen molar-refractivity contribution < 1.29 is 23.5 Å². The van der Waals surface area contributed by atoms with Crippen LogP contribution in [0.2, 0.25) is 0 Å². The summed E-state index contributed by atoms with van der Waals surface area (Å²) in [5, 5.41) is 0. The molecular formula is C28H39FO4. The molecule has 2 saturated carbocycles. The van der Waals surface area contributed by atoms with E-state index in [-0.39, 0.29) is 29.3 Å². The second kappa shape index (κ2) is 9.03. The predicted molar refractivity (Wildman–Crippen MR) is 125 cm³/mol. The van der Waals surface area contributed by atoms with E-state index in [0.29, 0.717) is 29.7 Å². The molecule has 182 valence electrons. The van der Waals surface area contributed by atoms with E-state index >= 15 is 4.39 Å². The van der Waals surface area contributed by atoms with Crippen LogP contribution in [0.1, 0.15) is 86.0 Å². The molecule has 4 aliphatic carbocycles. The van der Waals surface area contributed by atoms with Gasteiger partial charge in [0.25, 0.3) is 0 Å². The lowest BCUT2D eigenvalue weighted by Crippen LogP contribution is -2.49. The number of carbonyl (C=O) groups is 2. The van der Waals surface area contributed by atoms with E-state index in [2.05, 4.69) is 32.9 Å². The molecule has 0 aromatic carbocycles. The van der Waals surface area contributed by atoms with Crippen LogP contribution >= 0.6 is 0 Å². The molecular weight excluding hydrogens is 419 g/mol. The molecule has 4 rings (SSSR count). The lowest BCUT2D eigenvalue weighted by atomic mass is 9.47. The van der Waals surface area contributed by atoms with Crippen LogP contribution in [-0.2, 0) is 19.1 Å². The van der Waals surface area contributed by atoms with Gasteiger partial charge >= 0.3 is 11.9 Å². The fourth-order valence-electron chi connectivity index (χ4n) is 7.86. The zero-order valence-electron chi connectivity index (χ0n) is 20.8. The highest BCUT2D eigenvalue weighted by Crippen LogP contribution is 2.66. The molecule has 2 fully saturated rings. The Bertz CT molecular complexity index is 915. The van der Waals surface area contributed by atoms with Crippen LogP contribution in [0.25, 0.3) is 0 Å². The van der Waals surface area contributed by atoms with Crippen LogP contribution < -0.4 is 0 Å². The lowest BCUT2D eigenvalue weighted by molar-refractivity contribution is -0.140. The van der Waals surface area contributed by atoms with Crippen molar-refractivity contribution in [3.63, 3.8) is 0 Å². The number of esters is 2. The molecule has 4 nitrogen and oxygen atoms in total. The molecule has 0 bridgehead atoms. The molecule has 6 atom stereocenters. The second-order valence-corrected chi connectivity index (χ2v) is 11.0. The lowest BCUT2D eigenvalue weighted by Gasteiger charge is -2.57. The van der Waals surface area contributed by atoms with Crippen LogP contribution in [0.4, 0.5) is 4.39 Å². The van der Waals surface area contributed by atoms with Gasteiger partial charge < -0.3 is 9.47 Å². The number of ether oxygens (including phenoxy) is 2. The Morgan fingerprint density at radius 3 is 2.55 bits per heavy atom. The number of halogens is 1. The van der Waals surface area contributed by atoms with E-state index in [9.17, 15) is 9.59 Å². The maximum absolute atomic E-state index is 15.1. The average Bonchev–Trinajstić information content (AvgIpc) is 3.11. The first-order valence-corrected chi connectivity index (χ1v) is 12.8. The minimum atomic E-state index is -0.799. The summed E-state index contributed by atoms with van der Waals surface area (Å²) < 4.78 is 25.7. The Morgan fingerprint density at radius 1 is 1.15 bits per heavy atom. The summed E-state index contributed by atoms with van der Waals surface area (Å²) in [4.78, 5) is 23.9. The van der Waals surface area contributed by atoms with Crippen LogP contribution in [0.15, 0.2) is 34.9 Å². The van der Waals surface area contributed by atoms with Crippen molar-refractivity contribution in [3.05, 3.63) is 34.9 Å². The first kappa shape index (κ1) is 24.2. The number of rotatable bonds is 5. The molecule has 4 aliphatic rings. The fraction of sp³-hybridized carbons (Fsp3) is 0.714. The summed E-state index contributed by atoms with van der Waals surface area (Å²) in [5.74, 6) is 0.779. The molecule has 0 amide bonds. The quantitative estimate of drug-likeness (QED) is 0.335. The van der Waals surface area contributed by atoms with Crippen molar-refractivity contribution in [2.75, 3.05) is 6.61 Å². The van der Waals surface area contributed by atoms with Crippen LogP contribution in [0, 0.1) is 34.5 Å². The predicted octanol–water partition coefficient (Wildman–Crippen LogP) is 6.82. The van der Waals surface area contributed by atoms with E-state index < -0.39 is 11.8 Å². The Kier molecular flexibility index (Phi) is 6.63. The Labute approximate surface area is 197 Å². The topological polar surface area (TPSA) is 52.6 Å². The highest BCUT2D eigenvalue weighted by molar-refractivity contribution is 5.87. The van der Waals surface area contributed by atoms with E-state index in [1.165, 1.54) is 12.5 Å². The Hall–Kier alpha value is -1.91. The third-order valence-electron chi connectivity index (χ3n) is 9.30. The third kappa shape index (κ3) is 4.00. The van der Waals surface area contributed by atoms with Gasteiger partial charge in [-0.2, -0.15) is 4.39 Å². The molecule has 0 aromatic rings. The average molecular weight is 459 g/mol. The second-order valence-electron chi connectivity index (χ2n) is 11.0. The summed E-state index contributed by atoms with van der Waals surface area (Å²) in [6.07, 6.45) is 12.0. The molecule has 0 aliphatic heterocycles. The van der Waals surface area contributed by atoms with Gasteiger partial charge in [0.1, 0.15) is 5.76 Å². The molecule has 0 unspecified atom stereocenters. The van der Waals surface area contributed by atoms with E-state index in [1.807, 2.05) is 0 Å². The molecule has 0 N–H and O–H groups in total. The van der Waals surface area contributed by atoms with Crippen molar-refractivity contribution in [1.29, 1.82) is 0 Å². The first-order chi connectivity index (χ1) is 15.7. The van der Waals surface area contributed by atoms with E-state index in [0.717, 1.165) is 50.7 Å². The normalized spacial score (nSPS) is 38.8. The Morgan fingerprint density at radius 2 is 1.88 bits per heavy atom. The van der Waals surface area contributed by atoms with Crippen molar-refractivity contribution in [2.45, 2.75) is 86.0 Å². The van der Waals surface area contributed by atoms with Gasteiger partial charge in [-0.1, -0.05) is 33.3 Å². The smallest absolute Gasteiger partial charge is 0.367 e. The number of hydrogen-bond donors (Lipinski definition) is 0. The van der Waals surface area contributed by atoms with Crippen molar-refractivity contribution >= 4 is 11.9 Å². The summed E-state index contributed by atoms with van der Waals surface area (Å²) in [7, 11) is 0. The fourth-order valence-corrected chi connectivity index (χ4v) is 7.86. The van der Waals surface area contributed by atoms with Crippen LogP contribution in [-0.4, -0.2) is 18.5 Å². The molecule has 33 heavy (non-hydrogen) atoms. The molecule has 0 heterocycles. The third-order valence-corrected chi connectivity index (χ3v) is 9.30. The van der Waals surface area contributed by atoms with Crippen LogP contribution in [0.5, 0.6) is 0 Å². The standard InChI is InChI=1S/C28H39FO4/c1-6-8-18-16-28(5)19(15-24(18)33-17(3)30)9-10-20-21-11-12-23(25(29)26(31)32-7-2)27(21,4)14-13-22(20)28/h9,15,18,20-22H,6-8,10-14,16H2,1-5H3/t18-,20+,21+,22+,27+,28+/m1/s1. The minimum absolute atomic E-state index is 0.0416. The van der Waals surface area contributed by atoms with E-state index in [4.69, 9.17) is 9.47 Å². The SMILES string of the molecule is CCC[C@@H]1C[C@@]2(C)C(=CC[C@@H]3[C@@H]2CC[C@]2(C)C(=C(F)C(=O)OCC)CC[C@@H]32)C=C1OC(C)=O. The number of carbonyl (C=O) groups excluding carboxylic acids is 2. The molecule has 0 aromatic heterocycles. The van der Waals surface area contributed by atoms with Gasteiger partial charge in [0, 0.05) is 12.8 Å². The van der Waals surface area contributed by atoms with Crippen molar-refractivity contribution in [3.8, 4) is 0 Å². The zero-order valence-corrected chi connectivity index (χ0v) is 20.8. The number of fused-ring (bicyclic) bond motifs is 5. The van der Waals surface area contributed by atoms with Crippen molar-refractivity contribution in [2.24, 2.45) is 34.5 Å². The Balaban J connectivity index is 1.66. The highest BCUT2D eigenvalue weighted by Gasteiger charge is 2.58. The van der Waals surface area contributed by atoms with Gasteiger partial charge in [-0.05, 0) is 97.7 Å². The van der Waals surface area contributed by atoms with Crippen LogP contribution in [0.3, 0.4) is 0 Å². The first-order valence-electron chi connectivity index (χ1n) is 12.8. The van der Waals surface area contributed by atoms with Gasteiger partial charge in [0.15, 0.2) is 0 Å². The van der Waals surface area contributed by atoms with Crippen molar-refractivity contribution in [1.82, 2.24) is 0 Å². The highest BCUT2D eigenvalue weighted by atomic mass is 19.1. The number of allylic oxidation sites excluding steroid dienone is 5. The molecule has 0 spiro atoms. The van der Waals surface area contributed by atoms with Gasteiger partial charge in [0.05, 0.1) is 6.61 Å². The van der Waals surface area contributed by atoms with Gasteiger partial charge in [-0.25, -0.2) is 4.79 Å². The minimum Gasteiger partial charge on any atom is -0.461 e. The summed E-state index contributed by atoms with van der Waals surface area (Å²) in [5.41, 5.74) is 1.77. The largest absolute Gasteiger partial charge is 0.461 e. The van der Waals surface area contributed by atoms with Gasteiger partial charge in [-0.15, -0.1) is 0 Å². The molecule has 0 radical (unpaired) electrons. The molecule has 0 saturated heterocycles.